The number of hydrogen-bond donors (Lipinski definition) is 0. The van der Waals surface area contributed by atoms with Gasteiger partial charge >= 0.3 is 6.09 Å². The first-order valence-corrected chi connectivity index (χ1v) is 5.49. The Bertz CT molecular complexity index is 319. The fourth-order valence-electron chi connectivity index (χ4n) is 2.36. The highest BCUT2D eigenvalue weighted by Crippen LogP contribution is 2.41. The molecule has 1 rings (SSSR count). The SMILES string of the molecule is CC(C)(C)OC(=O)N1C(C)(C)C(=O)C1(C)C. The minimum Gasteiger partial charge on any atom is -0.444 e. The summed E-state index contributed by atoms with van der Waals surface area (Å²) in [4.78, 5) is 25.3. The van der Waals surface area contributed by atoms with Gasteiger partial charge in [0.25, 0.3) is 0 Å². The molecule has 16 heavy (non-hydrogen) atoms. The second kappa shape index (κ2) is 3.22. The van der Waals surface area contributed by atoms with Crippen molar-refractivity contribution in [3.63, 3.8) is 0 Å². The molecule has 1 aliphatic rings. The van der Waals surface area contributed by atoms with Crippen LogP contribution in [-0.4, -0.2) is 33.5 Å². The fourth-order valence-corrected chi connectivity index (χ4v) is 2.36. The molecule has 0 aliphatic carbocycles. The van der Waals surface area contributed by atoms with Crippen molar-refractivity contribution in [2.45, 2.75) is 65.1 Å². The molecule has 0 spiro atoms. The van der Waals surface area contributed by atoms with Crippen molar-refractivity contribution in [3.05, 3.63) is 0 Å². The highest BCUT2D eigenvalue weighted by molar-refractivity contribution is 6.06. The quantitative estimate of drug-likeness (QED) is 0.638. The molecular formula is C12H21NO3. The number of nitrogens with zero attached hydrogens (tertiary/aromatic N) is 1. The second-order valence-electron chi connectivity index (χ2n) is 6.26. The first kappa shape index (κ1) is 13.0. The van der Waals surface area contributed by atoms with E-state index >= 15 is 0 Å². The first-order valence-electron chi connectivity index (χ1n) is 5.49. The van der Waals surface area contributed by atoms with Crippen LogP contribution in [0.3, 0.4) is 0 Å². The normalized spacial score (nSPS) is 22.7. The van der Waals surface area contributed by atoms with Crippen LogP contribution < -0.4 is 0 Å². The zero-order chi connectivity index (χ0) is 12.9. The van der Waals surface area contributed by atoms with Crippen molar-refractivity contribution < 1.29 is 14.3 Å². The summed E-state index contributed by atoms with van der Waals surface area (Å²) < 4.78 is 5.30. The first-order chi connectivity index (χ1) is 6.90. The van der Waals surface area contributed by atoms with E-state index in [-0.39, 0.29) is 5.78 Å². The van der Waals surface area contributed by atoms with Crippen molar-refractivity contribution in [2.24, 2.45) is 0 Å². The van der Waals surface area contributed by atoms with Crippen LogP contribution in [0, 0.1) is 0 Å². The van der Waals surface area contributed by atoms with Gasteiger partial charge in [-0.1, -0.05) is 0 Å². The lowest BCUT2D eigenvalue weighted by atomic mass is 9.71. The van der Waals surface area contributed by atoms with Gasteiger partial charge in [-0.3, -0.25) is 9.69 Å². The maximum absolute atomic E-state index is 12.0. The Labute approximate surface area is 96.9 Å². The van der Waals surface area contributed by atoms with Crippen molar-refractivity contribution in [1.82, 2.24) is 4.90 Å². The average molecular weight is 227 g/mol. The number of Topliss-reactive ketones (excluding diaryl/α,β-unsaturated/α-hetero) is 1. The lowest BCUT2D eigenvalue weighted by Gasteiger charge is -2.57. The summed E-state index contributed by atoms with van der Waals surface area (Å²) in [6.07, 6.45) is -0.429. The second-order valence-corrected chi connectivity index (χ2v) is 6.26. The van der Waals surface area contributed by atoms with Gasteiger partial charge in [-0.05, 0) is 48.5 Å². The van der Waals surface area contributed by atoms with Gasteiger partial charge < -0.3 is 4.74 Å². The van der Waals surface area contributed by atoms with E-state index in [0.29, 0.717) is 0 Å². The van der Waals surface area contributed by atoms with Crippen molar-refractivity contribution in [3.8, 4) is 0 Å². The topological polar surface area (TPSA) is 46.6 Å². The predicted molar refractivity (Wildman–Crippen MR) is 61.2 cm³/mol. The fraction of sp³-hybridized carbons (Fsp3) is 0.833. The zero-order valence-electron chi connectivity index (χ0n) is 11.2. The lowest BCUT2D eigenvalue weighted by molar-refractivity contribution is -0.165. The van der Waals surface area contributed by atoms with Gasteiger partial charge in [0.15, 0.2) is 5.78 Å². The average Bonchev–Trinajstić information content (AvgIpc) is 1.97. The van der Waals surface area contributed by atoms with Crippen LogP contribution in [-0.2, 0) is 9.53 Å². The lowest BCUT2D eigenvalue weighted by Crippen LogP contribution is -2.78. The molecule has 0 N–H and O–H groups in total. The molecule has 0 unspecified atom stereocenters. The van der Waals surface area contributed by atoms with E-state index in [2.05, 4.69) is 0 Å². The molecule has 1 aliphatic heterocycles. The summed E-state index contributed by atoms with van der Waals surface area (Å²) in [7, 11) is 0. The van der Waals surface area contributed by atoms with Gasteiger partial charge in [-0.2, -0.15) is 0 Å². The van der Waals surface area contributed by atoms with Gasteiger partial charge in [0.1, 0.15) is 16.7 Å². The summed E-state index contributed by atoms with van der Waals surface area (Å²) in [5.74, 6) is 0.0610. The van der Waals surface area contributed by atoms with E-state index in [4.69, 9.17) is 4.74 Å². The Morgan fingerprint density at radius 1 is 1.12 bits per heavy atom. The van der Waals surface area contributed by atoms with Crippen LogP contribution in [0.15, 0.2) is 0 Å². The van der Waals surface area contributed by atoms with Crippen LogP contribution in [0.5, 0.6) is 0 Å². The molecule has 0 aromatic carbocycles. The summed E-state index contributed by atoms with van der Waals surface area (Å²) in [5, 5.41) is 0. The van der Waals surface area contributed by atoms with Crippen molar-refractivity contribution in [1.29, 1.82) is 0 Å². The number of carbonyl (C=O) groups excluding carboxylic acids is 2. The standard InChI is InChI=1S/C12H21NO3/c1-10(2,3)16-9(15)13-11(4,5)8(14)12(13,6)7/h1-7H3. The molecule has 0 aromatic rings. The molecule has 1 fully saturated rings. The predicted octanol–water partition coefficient (Wildman–Crippen LogP) is 2.36. The summed E-state index contributed by atoms with van der Waals surface area (Å²) in [5.41, 5.74) is -2.06. The smallest absolute Gasteiger partial charge is 0.411 e. The third kappa shape index (κ3) is 1.81. The molecule has 1 amide bonds. The van der Waals surface area contributed by atoms with Gasteiger partial charge in [0, 0.05) is 0 Å². The Hall–Kier alpha value is -1.06. The Morgan fingerprint density at radius 2 is 1.50 bits per heavy atom. The molecular weight excluding hydrogens is 206 g/mol. The highest BCUT2D eigenvalue weighted by atomic mass is 16.6. The number of ether oxygens (including phenoxy) is 1. The monoisotopic (exact) mass is 227 g/mol. The van der Waals surface area contributed by atoms with E-state index in [0.717, 1.165) is 0 Å². The van der Waals surface area contributed by atoms with E-state index < -0.39 is 22.8 Å². The molecule has 92 valence electrons. The van der Waals surface area contributed by atoms with Crippen LogP contribution >= 0.6 is 0 Å². The summed E-state index contributed by atoms with van der Waals surface area (Å²) >= 11 is 0. The summed E-state index contributed by atoms with van der Waals surface area (Å²) in [6, 6.07) is 0. The van der Waals surface area contributed by atoms with Gasteiger partial charge in [0.2, 0.25) is 0 Å². The molecule has 4 heteroatoms. The number of carbonyl (C=O) groups is 2. The molecule has 0 bridgehead atoms. The molecule has 1 heterocycles. The molecule has 1 saturated heterocycles. The highest BCUT2D eigenvalue weighted by Gasteiger charge is 2.62. The van der Waals surface area contributed by atoms with Crippen LogP contribution in [0.25, 0.3) is 0 Å². The Balaban J connectivity index is 2.89. The maximum Gasteiger partial charge on any atom is 0.411 e. The third-order valence-corrected chi connectivity index (χ3v) is 2.81. The maximum atomic E-state index is 12.0. The van der Waals surface area contributed by atoms with E-state index in [1.807, 2.05) is 20.8 Å². The number of hydrogen-bond acceptors (Lipinski definition) is 3. The minimum atomic E-state index is -0.758. The Kier molecular flexibility index (Phi) is 2.61. The zero-order valence-corrected chi connectivity index (χ0v) is 11.2. The number of rotatable bonds is 0. The van der Waals surface area contributed by atoms with E-state index in [1.165, 1.54) is 4.90 Å². The van der Waals surface area contributed by atoms with Crippen molar-refractivity contribution >= 4 is 11.9 Å². The number of amides is 1. The van der Waals surface area contributed by atoms with Crippen LogP contribution in [0.2, 0.25) is 0 Å². The Morgan fingerprint density at radius 3 is 1.81 bits per heavy atom. The summed E-state index contributed by atoms with van der Waals surface area (Å²) in [6.45, 7) is 12.4. The molecule has 0 aromatic heterocycles. The largest absolute Gasteiger partial charge is 0.444 e. The van der Waals surface area contributed by atoms with Crippen LogP contribution in [0.1, 0.15) is 48.5 Å². The number of ketones is 1. The van der Waals surface area contributed by atoms with E-state index in [9.17, 15) is 9.59 Å². The molecule has 4 nitrogen and oxygen atoms in total. The molecule has 0 radical (unpaired) electrons. The number of likely N-dealkylation sites (tertiary alicyclic amines) is 1. The van der Waals surface area contributed by atoms with Gasteiger partial charge in [0.05, 0.1) is 0 Å². The van der Waals surface area contributed by atoms with Gasteiger partial charge in [-0.25, -0.2) is 4.79 Å². The third-order valence-electron chi connectivity index (χ3n) is 2.81. The van der Waals surface area contributed by atoms with Gasteiger partial charge in [-0.15, -0.1) is 0 Å². The van der Waals surface area contributed by atoms with Crippen molar-refractivity contribution in [2.75, 3.05) is 0 Å². The van der Waals surface area contributed by atoms with E-state index in [1.54, 1.807) is 27.7 Å². The molecule has 0 saturated carbocycles. The minimum absolute atomic E-state index is 0.0610. The molecule has 0 atom stereocenters. The van der Waals surface area contributed by atoms with Crippen LogP contribution in [0.4, 0.5) is 4.79 Å².